The van der Waals surface area contributed by atoms with Crippen molar-refractivity contribution in [2.45, 2.75) is 0 Å². The Morgan fingerprint density at radius 1 is 1.14 bits per heavy atom. The van der Waals surface area contributed by atoms with Crippen LogP contribution >= 0.6 is 11.3 Å². The summed E-state index contributed by atoms with van der Waals surface area (Å²) in [4.78, 5) is 21.6. The largest absolute Gasteiger partial charge is 0.467 e. The van der Waals surface area contributed by atoms with E-state index < -0.39 is 0 Å². The second kappa shape index (κ2) is 6.08. The van der Waals surface area contributed by atoms with Gasteiger partial charge in [0.05, 0.1) is 7.11 Å². The summed E-state index contributed by atoms with van der Waals surface area (Å²) in [6.45, 7) is 3.48. The molecule has 3 rings (SSSR count). The van der Waals surface area contributed by atoms with Gasteiger partial charge in [-0.3, -0.25) is 0 Å². The van der Waals surface area contributed by atoms with E-state index in [4.69, 9.17) is 4.74 Å². The van der Waals surface area contributed by atoms with E-state index in [1.54, 1.807) is 25.5 Å². The van der Waals surface area contributed by atoms with Crippen molar-refractivity contribution in [2.75, 3.05) is 55.5 Å². The molecular weight excluding hydrogens is 290 g/mol. The average molecular weight is 307 g/mol. The lowest BCUT2D eigenvalue weighted by molar-refractivity contribution is 0.378. The minimum absolute atomic E-state index is 0.326. The van der Waals surface area contributed by atoms with Gasteiger partial charge in [-0.05, 0) is 0 Å². The molecule has 2 aromatic heterocycles. The zero-order valence-electron chi connectivity index (χ0n) is 12.0. The minimum atomic E-state index is 0.326. The van der Waals surface area contributed by atoms with Crippen molar-refractivity contribution in [1.29, 1.82) is 0 Å². The summed E-state index contributed by atoms with van der Waals surface area (Å²) in [5.74, 6) is 1.16. The molecule has 1 fully saturated rings. The second-order valence-electron chi connectivity index (χ2n) is 4.48. The third-order valence-electron chi connectivity index (χ3n) is 3.26. The van der Waals surface area contributed by atoms with Crippen LogP contribution in [0.4, 0.5) is 17.0 Å². The van der Waals surface area contributed by atoms with Crippen molar-refractivity contribution in [2.24, 2.45) is 0 Å². The van der Waals surface area contributed by atoms with Gasteiger partial charge in [-0.2, -0.15) is 15.0 Å². The summed E-state index contributed by atoms with van der Waals surface area (Å²) in [6, 6.07) is 0.326. The molecule has 0 unspecified atom stereocenters. The molecule has 3 heterocycles. The monoisotopic (exact) mass is 307 g/mol. The Balaban J connectivity index is 1.71. The van der Waals surface area contributed by atoms with Crippen LogP contribution in [0.2, 0.25) is 0 Å². The Bertz CT molecular complexity index is 561. The number of thiazole rings is 1. The average Bonchev–Trinajstić information content (AvgIpc) is 3.09. The molecule has 1 aliphatic rings. The molecule has 0 radical (unpaired) electrons. The predicted octanol–water partition coefficient (Wildman–Crippen LogP) is 0.705. The fraction of sp³-hybridized carbons (Fsp3) is 0.500. The van der Waals surface area contributed by atoms with Gasteiger partial charge in [-0.1, -0.05) is 0 Å². The number of methoxy groups -OCH3 is 1. The first-order valence-corrected chi connectivity index (χ1v) is 7.55. The third kappa shape index (κ3) is 2.97. The second-order valence-corrected chi connectivity index (χ2v) is 5.36. The van der Waals surface area contributed by atoms with Crippen LogP contribution in [0.3, 0.4) is 0 Å². The van der Waals surface area contributed by atoms with Crippen LogP contribution < -0.4 is 19.9 Å². The number of nitrogens with one attached hydrogen (secondary N) is 1. The number of nitrogens with zero attached hydrogens (tertiary/aromatic N) is 6. The molecule has 0 aromatic carbocycles. The summed E-state index contributed by atoms with van der Waals surface area (Å²) < 4.78 is 5.12. The van der Waals surface area contributed by atoms with Crippen LogP contribution in [0.5, 0.6) is 6.01 Å². The van der Waals surface area contributed by atoms with E-state index in [2.05, 4.69) is 35.1 Å². The summed E-state index contributed by atoms with van der Waals surface area (Å²) in [7, 11) is 3.33. The zero-order valence-corrected chi connectivity index (χ0v) is 12.8. The fourth-order valence-corrected chi connectivity index (χ4v) is 2.86. The summed E-state index contributed by atoms with van der Waals surface area (Å²) in [5, 5.41) is 5.99. The van der Waals surface area contributed by atoms with Crippen LogP contribution in [0.25, 0.3) is 0 Å². The van der Waals surface area contributed by atoms with E-state index >= 15 is 0 Å². The number of hydrogen-bond donors (Lipinski definition) is 1. The summed E-state index contributed by atoms with van der Waals surface area (Å²) in [6.07, 6.45) is 1.84. The lowest BCUT2D eigenvalue weighted by Crippen LogP contribution is -2.47. The van der Waals surface area contributed by atoms with Gasteiger partial charge in [0, 0.05) is 44.8 Å². The van der Waals surface area contributed by atoms with E-state index in [1.807, 2.05) is 11.6 Å². The molecule has 0 aliphatic carbocycles. The molecule has 1 aliphatic heterocycles. The number of anilines is 3. The van der Waals surface area contributed by atoms with Crippen molar-refractivity contribution < 1.29 is 4.74 Å². The van der Waals surface area contributed by atoms with Gasteiger partial charge in [0.25, 0.3) is 0 Å². The number of ether oxygens (including phenoxy) is 1. The summed E-state index contributed by atoms with van der Waals surface area (Å²) in [5.41, 5.74) is 0. The predicted molar refractivity (Wildman–Crippen MR) is 82.5 cm³/mol. The van der Waals surface area contributed by atoms with E-state index in [9.17, 15) is 0 Å². The van der Waals surface area contributed by atoms with Crippen LogP contribution in [-0.2, 0) is 0 Å². The van der Waals surface area contributed by atoms with E-state index in [0.29, 0.717) is 17.9 Å². The molecule has 0 spiro atoms. The molecule has 0 atom stereocenters. The standard InChI is InChI=1S/C12H17N7OS/c1-13-9-15-10(17-11(16-9)20-2)18-4-6-19(7-5-18)12-14-3-8-21-12/h3,8H,4-7H2,1-2H3,(H,13,15,16,17). The molecule has 112 valence electrons. The highest BCUT2D eigenvalue weighted by atomic mass is 32.1. The molecule has 1 N–H and O–H groups in total. The van der Waals surface area contributed by atoms with E-state index in [-0.39, 0.29) is 0 Å². The molecule has 8 nitrogen and oxygen atoms in total. The van der Waals surface area contributed by atoms with Crippen LogP contribution in [0.1, 0.15) is 0 Å². The normalized spacial score (nSPS) is 15.1. The van der Waals surface area contributed by atoms with Gasteiger partial charge >= 0.3 is 6.01 Å². The molecule has 9 heteroatoms. The smallest absolute Gasteiger partial charge is 0.322 e. The lowest BCUT2D eigenvalue weighted by atomic mass is 10.3. The fourth-order valence-electron chi connectivity index (χ4n) is 2.16. The Hall–Kier alpha value is -2.16. The van der Waals surface area contributed by atoms with Crippen molar-refractivity contribution in [1.82, 2.24) is 19.9 Å². The van der Waals surface area contributed by atoms with Gasteiger partial charge in [-0.15, -0.1) is 11.3 Å². The Kier molecular flexibility index (Phi) is 4.00. The molecule has 0 saturated carbocycles. The zero-order chi connectivity index (χ0) is 14.7. The van der Waals surface area contributed by atoms with Gasteiger partial charge in [-0.25, -0.2) is 4.98 Å². The maximum atomic E-state index is 5.12. The maximum absolute atomic E-state index is 5.12. The molecule has 2 aromatic rings. The highest BCUT2D eigenvalue weighted by Crippen LogP contribution is 2.21. The number of piperazine rings is 1. The molecule has 21 heavy (non-hydrogen) atoms. The lowest BCUT2D eigenvalue weighted by Gasteiger charge is -2.34. The molecule has 0 bridgehead atoms. The van der Waals surface area contributed by atoms with Crippen molar-refractivity contribution in [3.8, 4) is 6.01 Å². The highest BCUT2D eigenvalue weighted by molar-refractivity contribution is 7.13. The quantitative estimate of drug-likeness (QED) is 0.884. The number of rotatable bonds is 4. The Labute approximate surface area is 126 Å². The SMILES string of the molecule is CNc1nc(OC)nc(N2CCN(c3nccs3)CC2)n1. The van der Waals surface area contributed by atoms with E-state index in [1.165, 1.54) is 0 Å². The van der Waals surface area contributed by atoms with Crippen LogP contribution in [0, 0.1) is 0 Å². The van der Waals surface area contributed by atoms with Gasteiger partial charge in [0.15, 0.2) is 5.13 Å². The first kappa shape index (κ1) is 13.8. The minimum Gasteiger partial charge on any atom is -0.467 e. The first-order chi connectivity index (χ1) is 10.3. The van der Waals surface area contributed by atoms with Gasteiger partial charge in [0.1, 0.15) is 0 Å². The number of aromatic nitrogens is 4. The molecule has 1 saturated heterocycles. The maximum Gasteiger partial charge on any atom is 0.322 e. The Morgan fingerprint density at radius 3 is 2.52 bits per heavy atom. The molecule has 0 amide bonds. The Morgan fingerprint density at radius 2 is 1.90 bits per heavy atom. The van der Waals surface area contributed by atoms with Crippen LogP contribution in [0.15, 0.2) is 11.6 Å². The molecular formula is C12H17N7OS. The first-order valence-electron chi connectivity index (χ1n) is 6.67. The third-order valence-corrected chi connectivity index (χ3v) is 4.09. The van der Waals surface area contributed by atoms with Gasteiger partial charge in [0.2, 0.25) is 11.9 Å². The van der Waals surface area contributed by atoms with Crippen molar-refractivity contribution in [3.63, 3.8) is 0 Å². The van der Waals surface area contributed by atoms with E-state index in [0.717, 1.165) is 31.3 Å². The van der Waals surface area contributed by atoms with Gasteiger partial charge < -0.3 is 19.9 Å². The van der Waals surface area contributed by atoms with Crippen molar-refractivity contribution in [3.05, 3.63) is 11.6 Å². The summed E-state index contributed by atoms with van der Waals surface area (Å²) >= 11 is 1.66. The highest BCUT2D eigenvalue weighted by Gasteiger charge is 2.21. The number of hydrogen-bond acceptors (Lipinski definition) is 9. The van der Waals surface area contributed by atoms with Crippen LogP contribution in [-0.4, -0.2) is 60.3 Å². The van der Waals surface area contributed by atoms with Crippen molar-refractivity contribution >= 4 is 28.4 Å². The topological polar surface area (TPSA) is 79.3 Å².